The first-order valence-corrected chi connectivity index (χ1v) is 8.53. The maximum absolute atomic E-state index is 12.1. The second-order valence-electron chi connectivity index (χ2n) is 5.84. The molecule has 2 rings (SSSR count). The Morgan fingerprint density at radius 2 is 2.00 bits per heavy atom. The molecule has 0 saturated carbocycles. The van der Waals surface area contributed by atoms with E-state index >= 15 is 0 Å². The van der Waals surface area contributed by atoms with Crippen LogP contribution >= 0.6 is 0 Å². The highest BCUT2D eigenvalue weighted by molar-refractivity contribution is 5.78. The van der Waals surface area contributed by atoms with Crippen LogP contribution in [-0.2, 0) is 4.79 Å². The Balaban J connectivity index is 2.15. The van der Waals surface area contributed by atoms with E-state index in [1.54, 1.807) is 6.20 Å². The summed E-state index contributed by atoms with van der Waals surface area (Å²) < 4.78 is 11.0. The fourth-order valence-electron chi connectivity index (χ4n) is 2.34. The number of carbonyl (C=O) groups excluding carboxylic acids is 1. The molecule has 1 atom stereocenters. The number of hydrogen-bond acceptors (Lipinski definition) is 4. The van der Waals surface area contributed by atoms with Crippen molar-refractivity contribution in [1.29, 1.82) is 0 Å². The molecule has 0 bridgehead atoms. The molecular formula is C20H25NO3. The van der Waals surface area contributed by atoms with Crippen LogP contribution in [0.5, 0.6) is 11.6 Å². The molecule has 1 unspecified atom stereocenters. The van der Waals surface area contributed by atoms with Gasteiger partial charge in [0.2, 0.25) is 5.88 Å². The Labute approximate surface area is 143 Å². The minimum atomic E-state index is -0.193. The predicted molar refractivity (Wildman–Crippen MR) is 95.2 cm³/mol. The van der Waals surface area contributed by atoms with Crippen molar-refractivity contribution in [3.05, 3.63) is 42.6 Å². The lowest BCUT2D eigenvalue weighted by atomic mass is 10.0. The topological polar surface area (TPSA) is 48.4 Å². The number of para-hydroxylation sites is 1. The molecule has 4 heteroatoms. The molecule has 1 aromatic heterocycles. The lowest BCUT2D eigenvalue weighted by Gasteiger charge is -2.12. The van der Waals surface area contributed by atoms with Crippen LogP contribution < -0.4 is 9.47 Å². The smallest absolute Gasteiger partial charge is 0.311 e. The third-order valence-electron chi connectivity index (χ3n) is 3.99. The lowest BCUT2D eigenvalue weighted by molar-refractivity contribution is -0.134. The summed E-state index contributed by atoms with van der Waals surface area (Å²) in [6.45, 7) is 6.75. The second kappa shape index (κ2) is 9.06. The van der Waals surface area contributed by atoms with Crippen LogP contribution in [0.2, 0.25) is 0 Å². The number of carbonyl (C=O) groups is 1. The highest BCUT2D eigenvalue weighted by Gasteiger charge is 2.12. The Hall–Kier alpha value is -2.36. The van der Waals surface area contributed by atoms with E-state index in [9.17, 15) is 4.79 Å². The van der Waals surface area contributed by atoms with Gasteiger partial charge < -0.3 is 9.47 Å². The average molecular weight is 327 g/mol. The van der Waals surface area contributed by atoms with Crippen molar-refractivity contribution in [2.24, 2.45) is 5.92 Å². The zero-order valence-corrected chi connectivity index (χ0v) is 14.6. The predicted octanol–water partition coefficient (Wildman–Crippen LogP) is 4.88. The molecular weight excluding hydrogens is 302 g/mol. The Kier molecular flexibility index (Phi) is 6.79. The largest absolute Gasteiger partial charge is 0.478 e. The molecule has 128 valence electrons. The first-order chi connectivity index (χ1) is 11.6. The van der Waals surface area contributed by atoms with E-state index in [4.69, 9.17) is 9.47 Å². The van der Waals surface area contributed by atoms with Gasteiger partial charge in [-0.25, -0.2) is 4.98 Å². The number of benzene rings is 1. The van der Waals surface area contributed by atoms with Gasteiger partial charge in [-0.05, 0) is 37.0 Å². The molecule has 0 saturated heterocycles. The lowest BCUT2D eigenvalue weighted by Crippen LogP contribution is -2.10. The van der Waals surface area contributed by atoms with Crippen molar-refractivity contribution < 1.29 is 14.3 Å². The van der Waals surface area contributed by atoms with Crippen LogP contribution in [-0.4, -0.2) is 17.6 Å². The number of esters is 1. The van der Waals surface area contributed by atoms with E-state index in [0.29, 0.717) is 30.6 Å². The molecule has 0 fully saturated rings. The van der Waals surface area contributed by atoms with Crippen LogP contribution in [0.1, 0.15) is 40.0 Å². The second-order valence-corrected chi connectivity index (χ2v) is 5.84. The zero-order chi connectivity index (χ0) is 17.4. The van der Waals surface area contributed by atoms with Crippen molar-refractivity contribution in [2.75, 3.05) is 6.61 Å². The summed E-state index contributed by atoms with van der Waals surface area (Å²) in [5.74, 6) is 1.47. The van der Waals surface area contributed by atoms with Gasteiger partial charge in [-0.2, -0.15) is 0 Å². The molecule has 0 spiro atoms. The minimum absolute atomic E-state index is 0.193. The molecule has 2 aromatic rings. The summed E-state index contributed by atoms with van der Waals surface area (Å²) in [4.78, 5) is 16.3. The Morgan fingerprint density at radius 3 is 2.75 bits per heavy atom. The quantitative estimate of drug-likeness (QED) is 0.512. The van der Waals surface area contributed by atoms with Gasteiger partial charge in [0, 0.05) is 24.2 Å². The van der Waals surface area contributed by atoms with E-state index in [1.807, 2.05) is 43.3 Å². The third kappa shape index (κ3) is 5.08. The number of hydrogen-bond donors (Lipinski definition) is 0. The number of rotatable bonds is 8. The van der Waals surface area contributed by atoms with Crippen LogP contribution in [0.25, 0.3) is 11.1 Å². The molecule has 0 aliphatic heterocycles. The first kappa shape index (κ1) is 18.0. The van der Waals surface area contributed by atoms with E-state index in [1.165, 1.54) is 0 Å². The first-order valence-electron chi connectivity index (χ1n) is 8.53. The summed E-state index contributed by atoms with van der Waals surface area (Å²) in [5, 5.41) is 0. The molecule has 4 nitrogen and oxygen atoms in total. The van der Waals surface area contributed by atoms with Crippen molar-refractivity contribution in [3.8, 4) is 22.8 Å². The van der Waals surface area contributed by atoms with E-state index < -0.39 is 0 Å². The van der Waals surface area contributed by atoms with Crippen LogP contribution in [0, 0.1) is 5.92 Å². The summed E-state index contributed by atoms with van der Waals surface area (Å²) >= 11 is 0. The third-order valence-corrected chi connectivity index (χ3v) is 3.99. The van der Waals surface area contributed by atoms with E-state index in [-0.39, 0.29) is 5.97 Å². The van der Waals surface area contributed by atoms with E-state index in [2.05, 4.69) is 18.8 Å². The van der Waals surface area contributed by atoms with Gasteiger partial charge in [0.1, 0.15) is 5.75 Å². The molecule has 0 radical (unpaired) electrons. The maximum atomic E-state index is 12.1. The van der Waals surface area contributed by atoms with Gasteiger partial charge in [-0.1, -0.05) is 38.5 Å². The van der Waals surface area contributed by atoms with Gasteiger partial charge in [0.15, 0.2) is 0 Å². The highest BCUT2D eigenvalue weighted by atomic mass is 16.5. The van der Waals surface area contributed by atoms with Gasteiger partial charge in [0.25, 0.3) is 0 Å². The summed E-state index contributed by atoms with van der Waals surface area (Å²) in [5.41, 5.74) is 1.77. The average Bonchev–Trinajstić information content (AvgIpc) is 2.60. The molecule has 0 aliphatic rings. The van der Waals surface area contributed by atoms with Gasteiger partial charge in [-0.3, -0.25) is 4.79 Å². The monoisotopic (exact) mass is 327 g/mol. The minimum Gasteiger partial charge on any atom is -0.478 e. The maximum Gasteiger partial charge on any atom is 0.311 e. The Bertz CT molecular complexity index is 669. The SMILES string of the molecule is CCOc1cc(-c2ccccc2OC(=O)CCC(C)CC)ccn1. The van der Waals surface area contributed by atoms with Crippen LogP contribution in [0.15, 0.2) is 42.6 Å². The molecule has 1 heterocycles. The normalized spacial score (nSPS) is 11.8. The standard InChI is InChI=1S/C20H25NO3/c1-4-15(3)10-11-20(22)24-18-9-7-6-8-17(18)16-12-13-21-19(14-16)23-5-2/h6-9,12-15H,4-5,10-11H2,1-3H3. The van der Waals surface area contributed by atoms with Crippen LogP contribution in [0.4, 0.5) is 0 Å². The van der Waals surface area contributed by atoms with Crippen molar-refractivity contribution >= 4 is 5.97 Å². The van der Waals surface area contributed by atoms with Crippen molar-refractivity contribution in [2.45, 2.75) is 40.0 Å². The van der Waals surface area contributed by atoms with Gasteiger partial charge in [-0.15, -0.1) is 0 Å². The van der Waals surface area contributed by atoms with Crippen LogP contribution in [0.3, 0.4) is 0 Å². The number of ether oxygens (including phenoxy) is 2. The number of aromatic nitrogens is 1. The Morgan fingerprint density at radius 1 is 1.21 bits per heavy atom. The summed E-state index contributed by atoms with van der Waals surface area (Å²) in [7, 11) is 0. The molecule has 1 aromatic carbocycles. The number of nitrogens with zero attached hydrogens (tertiary/aromatic N) is 1. The zero-order valence-electron chi connectivity index (χ0n) is 14.6. The summed E-state index contributed by atoms with van der Waals surface area (Å²) in [6.07, 6.45) is 4.05. The fraction of sp³-hybridized carbons (Fsp3) is 0.400. The fourth-order valence-corrected chi connectivity index (χ4v) is 2.34. The molecule has 0 aliphatic carbocycles. The van der Waals surface area contributed by atoms with E-state index in [0.717, 1.165) is 24.0 Å². The van der Waals surface area contributed by atoms with Gasteiger partial charge >= 0.3 is 5.97 Å². The summed E-state index contributed by atoms with van der Waals surface area (Å²) in [6, 6.07) is 11.3. The molecule has 0 N–H and O–H groups in total. The molecule has 0 amide bonds. The van der Waals surface area contributed by atoms with Crippen molar-refractivity contribution in [1.82, 2.24) is 4.98 Å². The van der Waals surface area contributed by atoms with Crippen molar-refractivity contribution in [3.63, 3.8) is 0 Å². The number of pyridine rings is 1. The molecule has 24 heavy (non-hydrogen) atoms. The highest BCUT2D eigenvalue weighted by Crippen LogP contribution is 2.31. The van der Waals surface area contributed by atoms with Gasteiger partial charge in [0.05, 0.1) is 6.61 Å².